The zero-order valence-corrected chi connectivity index (χ0v) is 17.6. The van der Waals surface area contributed by atoms with Crippen LogP contribution >= 0.6 is 0 Å². The molecular formula is C20H26FN7O3. The smallest absolute Gasteiger partial charge is 0.407 e. The predicted octanol–water partition coefficient (Wildman–Crippen LogP) is 3.06. The fourth-order valence-electron chi connectivity index (χ4n) is 3.75. The average Bonchev–Trinajstić information content (AvgIpc) is 3.41. The number of aromatic nitrogens is 5. The lowest BCUT2D eigenvalue weighted by Crippen LogP contribution is -2.35. The zero-order valence-electron chi connectivity index (χ0n) is 17.6. The summed E-state index contributed by atoms with van der Waals surface area (Å²) in [5.74, 6) is 1.03. The Bertz CT molecular complexity index is 1050. The fourth-order valence-corrected chi connectivity index (χ4v) is 3.75. The molecule has 11 heteroatoms. The van der Waals surface area contributed by atoms with Crippen LogP contribution in [0.2, 0.25) is 0 Å². The van der Waals surface area contributed by atoms with Crippen LogP contribution in [0, 0.1) is 0 Å². The number of carbonyl (C=O) groups excluding carboxylic acids is 1. The van der Waals surface area contributed by atoms with Crippen molar-refractivity contribution in [1.29, 1.82) is 0 Å². The average molecular weight is 431 g/mol. The van der Waals surface area contributed by atoms with Crippen molar-refractivity contribution in [3.8, 4) is 0 Å². The molecule has 4 rings (SSSR count). The van der Waals surface area contributed by atoms with Crippen molar-refractivity contribution in [2.75, 3.05) is 12.4 Å². The Balaban J connectivity index is 1.43. The maximum absolute atomic E-state index is 14.4. The number of hydrogen-bond acceptors (Lipinski definition) is 7. The summed E-state index contributed by atoms with van der Waals surface area (Å²) in [4.78, 5) is 16.2. The van der Waals surface area contributed by atoms with Crippen molar-refractivity contribution in [3.63, 3.8) is 0 Å². The lowest BCUT2D eigenvalue weighted by Gasteiger charge is -2.16. The number of amides is 1. The highest BCUT2D eigenvalue weighted by Gasteiger charge is 2.38. The number of hydrogen-bond donors (Lipinski definition) is 3. The maximum Gasteiger partial charge on any atom is 0.407 e. The van der Waals surface area contributed by atoms with Gasteiger partial charge < -0.3 is 20.1 Å². The number of anilines is 2. The fraction of sp³-hybridized carbons (Fsp3) is 0.500. The molecule has 0 bridgehead atoms. The molecule has 0 unspecified atom stereocenters. The number of ether oxygens (including phenoxy) is 2. The molecule has 3 aromatic rings. The summed E-state index contributed by atoms with van der Waals surface area (Å²) in [5, 5.41) is 17.5. The van der Waals surface area contributed by atoms with Crippen LogP contribution < -0.4 is 10.6 Å². The highest BCUT2D eigenvalue weighted by molar-refractivity contribution is 5.72. The van der Waals surface area contributed by atoms with Gasteiger partial charge in [0.25, 0.3) is 0 Å². The van der Waals surface area contributed by atoms with Gasteiger partial charge in [0.1, 0.15) is 17.8 Å². The van der Waals surface area contributed by atoms with E-state index in [-0.39, 0.29) is 18.4 Å². The van der Waals surface area contributed by atoms with Gasteiger partial charge in [-0.1, -0.05) is 0 Å². The molecule has 31 heavy (non-hydrogen) atoms. The van der Waals surface area contributed by atoms with Gasteiger partial charge in [-0.05, 0) is 32.8 Å². The maximum atomic E-state index is 14.4. The van der Waals surface area contributed by atoms with E-state index >= 15 is 0 Å². The van der Waals surface area contributed by atoms with Gasteiger partial charge in [-0.2, -0.15) is 10.2 Å². The van der Waals surface area contributed by atoms with Gasteiger partial charge in [0.15, 0.2) is 11.6 Å². The number of carbonyl (C=O) groups is 1. The Morgan fingerprint density at radius 2 is 2.23 bits per heavy atom. The summed E-state index contributed by atoms with van der Waals surface area (Å²) >= 11 is 0. The molecule has 1 fully saturated rings. The number of alkyl halides is 1. The quantitative estimate of drug-likeness (QED) is 0.526. The zero-order chi connectivity index (χ0) is 22.0. The summed E-state index contributed by atoms with van der Waals surface area (Å²) in [6, 6.07) is 3.65. The van der Waals surface area contributed by atoms with Gasteiger partial charge in [0.2, 0.25) is 0 Å². The molecule has 1 saturated carbocycles. The molecule has 0 spiro atoms. The first-order valence-electron chi connectivity index (χ1n) is 10.2. The second-order valence-electron chi connectivity index (χ2n) is 7.93. The Kier molecular flexibility index (Phi) is 6.03. The van der Waals surface area contributed by atoms with E-state index in [1.807, 2.05) is 26.0 Å². The number of alkyl carbamates (subject to hydrolysis) is 1. The number of methoxy groups -OCH3 is 1. The third kappa shape index (κ3) is 4.76. The van der Waals surface area contributed by atoms with Crippen molar-refractivity contribution in [2.24, 2.45) is 0 Å². The van der Waals surface area contributed by atoms with E-state index in [0.29, 0.717) is 24.7 Å². The van der Waals surface area contributed by atoms with Gasteiger partial charge in [0, 0.05) is 43.2 Å². The van der Waals surface area contributed by atoms with Crippen molar-refractivity contribution in [2.45, 2.75) is 57.5 Å². The normalized spacial score (nSPS) is 21.0. The number of nitrogens with one attached hydrogen (secondary N) is 3. The Morgan fingerprint density at radius 3 is 3.00 bits per heavy atom. The molecule has 0 saturated heterocycles. The van der Waals surface area contributed by atoms with Crippen LogP contribution in [0.3, 0.4) is 0 Å². The molecular weight excluding hydrogens is 405 g/mol. The standard InChI is InChI=1S/C20H26FN7O3/c1-11(2)23-20(29)31-17-7-12(6-14(17)21)15-9-18(26-25-15)24-19-16-8-13(10-30-3)27-28(16)5-4-22-19/h4-5,8-9,11-12,14,17H,6-7,10H2,1-3H3,(H,23,29)(H2,22,24,25,26)/t12-,14+,17-/m0/s1. The van der Waals surface area contributed by atoms with E-state index in [1.165, 1.54) is 0 Å². The minimum absolute atomic E-state index is 0.0663. The van der Waals surface area contributed by atoms with E-state index in [1.54, 1.807) is 24.0 Å². The Hall–Kier alpha value is -3.21. The monoisotopic (exact) mass is 431 g/mol. The Labute approximate surface area is 178 Å². The number of aromatic amines is 1. The minimum atomic E-state index is -1.22. The van der Waals surface area contributed by atoms with Crippen LogP contribution in [0.4, 0.5) is 20.8 Å². The van der Waals surface area contributed by atoms with Crippen LogP contribution in [0.15, 0.2) is 24.5 Å². The van der Waals surface area contributed by atoms with E-state index in [0.717, 1.165) is 16.9 Å². The summed E-state index contributed by atoms with van der Waals surface area (Å²) in [5.41, 5.74) is 2.35. The van der Waals surface area contributed by atoms with Crippen LogP contribution in [0.25, 0.3) is 5.52 Å². The molecule has 1 aliphatic rings. The van der Waals surface area contributed by atoms with Crippen molar-refractivity contribution in [3.05, 3.63) is 35.9 Å². The van der Waals surface area contributed by atoms with Gasteiger partial charge in [0.05, 0.1) is 12.3 Å². The summed E-state index contributed by atoms with van der Waals surface area (Å²) in [6.45, 7) is 4.04. The van der Waals surface area contributed by atoms with Crippen LogP contribution in [0.5, 0.6) is 0 Å². The highest BCUT2D eigenvalue weighted by atomic mass is 19.1. The molecule has 1 amide bonds. The van der Waals surface area contributed by atoms with E-state index in [4.69, 9.17) is 9.47 Å². The largest absolute Gasteiger partial charge is 0.443 e. The molecule has 3 heterocycles. The lowest BCUT2D eigenvalue weighted by molar-refractivity contribution is 0.0593. The van der Waals surface area contributed by atoms with Gasteiger partial charge in [-0.25, -0.2) is 18.7 Å². The first-order chi connectivity index (χ1) is 14.9. The van der Waals surface area contributed by atoms with Gasteiger partial charge in [-0.3, -0.25) is 5.10 Å². The van der Waals surface area contributed by atoms with Gasteiger partial charge >= 0.3 is 6.09 Å². The van der Waals surface area contributed by atoms with E-state index in [2.05, 4.69) is 30.9 Å². The summed E-state index contributed by atoms with van der Waals surface area (Å²) in [7, 11) is 1.62. The number of fused-ring (bicyclic) bond motifs is 1. The van der Waals surface area contributed by atoms with Gasteiger partial charge in [-0.15, -0.1) is 0 Å². The molecule has 166 valence electrons. The molecule has 0 radical (unpaired) electrons. The first kappa shape index (κ1) is 21.0. The second kappa shape index (κ2) is 8.88. The van der Waals surface area contributed by atoms with E-state index < -0.39 is 18.4 Å². The Morgan fingerprint density at radius 1 is 1.39 bits per heavy atom. The third-order valence-corrected chi connectivity index (χ3v) is 5.11. The molecule has 10 nitrogen and oxygen atoms in total. The lowest BCUT2D eigenvalue weighted by atomic mass is 10.0. The van der Waals surface area contributed by atoms with Crippen molar-refractivity contribution >= 4 is 23.2 Å². The number of H-pyrrole nitrogens is 1. The predicted molar refractivity (Wildman–Crippen MR) is 111 cm³/mol. The van der Waals surface area contributed by atoms with Crippen LogP contribution in [-0.2, 0) is 16.1 Å². The number of halogens is 1. The van der Waals surface area contributed by atoms with Crippen LogP contribution in [-0.4, -0.2) is 56.3 Å². The minimum Gasteiger partial charge on any atom is -0.443 e. The molecule has 0 aromatic carbocycles. The summed E-state index contributed by atoms with van der Waals surface area (Å²) in [6.07, 6.45) is 1.47. The highest BCUT2D eigenvalue weighted by Crippen LogP contribution is 2.38. The first-order valence-corrected chi connectivity index (χ1v) is 10.2. The van der Waals surface area contributed by atoms with Crippen molar-refractivity contribution < 1.29 is 18.7 Å². The number of nitrogens with zero attached hydrogens (tertiary/aromatic N) is 4. The molecule has 3 aromatic heterocycles. The molecule has 3 atom stereocenters. The van der Waals surface area contributed by atoms with E-state index in [9.17, 15) is 9.18 Å². The molecule has 1 aliphatic carbocycles. The topological polar surface area (TPSA) is 118 Å². The number of rotatable bonds is 7. The SMILES string of the molecule is COCc1cc2c(Nc3cc([C@H]4C[C@@H](F)[C@@H](OC(=O)NC(C)C)C4)[nH]n3)nccn2n1. The summed E-state index contributed by atoms with van der Waals surface area (Å²) < 4.78 is 26.5. The van der Waals surface area contributed by atoms with Crippen molar-refractivity contribution in [1.82, 2.24) is 30.1 Å². The second-order valence-corrected chi connectivity index (χ2v) is 7.93. The molecule has 3 N–H and O–H groups in total. The van der Waals surface area contributed by atoms with Crippen LogP contribution in [0.1, 0.15) is 44.0 Å². The third-order valence-electron chi connectivity index (χ3n) is 5.11. The molecule has 0 aliphatic heterocycles.